The Morgan fingerprint density at radius 1 is 1.28 bits per heavy atom. The van der Waals surface area contributed by atoms with Gasteiger partial charge >= 0.3 is 5.69 Å². The predicted octanol–water partition coefficient (Wildman–Crippen LogP) is 4.10. The maximum Gasteiger partial charge on any atom is 0.352 e. The predicted molar refractivity (Wildman–Crippen MR) is 126 cm³/mol. The zero-order valence-electron chi connectivity index (χ0n) is 18.0. The first kappa shape index (κ1) is 22.6. The summed E-state index contributed by atoms with van der Waals surface area (Å²) < 4.78 is 14.9. The number of aliphatic hydroxyl groups is 1. The first-order valence-corrected chi connectivity index (χ1v) is 11.4. The minimum atomic E-state index is -0.849. The number of benzene rings is 1. The van der Waals surface area contributed by atoms with E-state index in [2.05, 4.69) is 36.8 Å². The Hall–Kier alpha value is -2.55. The first-order valence-electron chi connectivity index (χ1n) is 10.2. The molecule has 3 aromatic rings. The lowest BCUT2D eigenvalue weighted by atomic mass is 9.95. The van der Waals surface area contributed by atoms with Crippen molar-refractivity contribution in [1.82, 2.24) is 14.5 Å². The van der Waals surface area contributed by atoms with Gasteiger partial charge in [0.1, 0.15) is 12.1 Å². The second-order valence-electron chi connectivity index (χ2n) is 8.79. The van der Waals surface area contributed by atoms with Crippen LogP contribution >= 0.6 is 22.9 Å². The van der Waals surface area contributed by atoms with Crippen molar-refractivity contribution in [2.75, 3.05) is 18.0 Å². The van der Waals surface area contributed by atoms with Crippen molar-refractivity contribution in [3.63, 3.8) is 0 Å². The average Bonchev–Trinajstić information content (AvgIpc) is 3.21. The molecular formula is C23H24ClFN4O2S. The van der Waals surface area contributed by atoms with Crippen LogP contribution in [0.15, 0.2) is 47.5 Å². The van der Waals surface area contributed by atoms with Crippen molar-refractivity contribution in [2.24, 2.45) is 0 Å². The van der Waals surface area contributed by atoms with Crippen LogP contribution in [0.25, 0.3) is 5.57 Å². The molecule has 0 spiro atoms. The van der Waals surface area contributed by atoms with E-state index in [1.165, 1.54) is 27.9 Å². The molecule has 3 heterocycles. The van der Waals surface area contributed by atoms with Gasteiger partial charge in [-0.15, -0.1) is 11.3 Å². The molecule has 0 saturated heterocycles. The number of β-amino-alcohol motifs (C(OH)–C–C–N with tert-alkyl or cyclic N) is 1. The number of hydrogen-bond acceptors (Lipinski definition) is 6. The maximum absolute atomic E-state index is 13.4. The minimum Gasteiger partial charge on any atom is -0.387 e. The van der Waals surface area contributed by atoms with Crippen LogP contribution in [0.3, 0.4) is 0 Å². The number of aromatic nitrogens is 3. The fraction of sp³-hybridized carbons (Fsp3) is 0.348. The topological polar surface area (TPSA) is 71.2 Å². The third-order valence-electron chi connectivity index (χ3n) is 5.30. The van der Waals surface area contributed by atoms with Gasteiger partial charge in [0.05, 0.1) is 24.2 Å². The highest BCUT2D eigenvalue weighted by Crippen LogP contribution is 2.30. The quantitative estimate of drug-likeness (QED) is 0.616. The number of nitrogens with zero attached hydrogens (tertiary/aromatic N) is 4. The first-order chi connectivity index (χ1) is 15.1. The van der Waals surface area contributed by atoms with Crippen molar-refractivity contribution < 1.29 is 9.50 Å². The lowest BCUT2D eigenvalue weighted by molar-refractivity contribution is 0.233. The average molecular weight is 475 g/mol. The van der Waals surface area contributed by atoms with Crippen LogP contribution < -0.4 is 10.6 Å². The van der Waals surface area contributed by atoms with Crippen LogP contribution in [0.1, 0.15) is 36.1 Å². The van der Waals surface area contributed by atoms with E-state index in [1.807, 2.05) is 12.1 Å². The van der Waals surface area contributed by atoms with Crippen molar-refractivity contribution in [1.29, 1.82) is 0 Å². The van der Waals surface area contributed by atoms with Gasteiger partial charge in [-0.2, -0.15) is 4.98 Å². The highest BCUT2D eigenvalue weighted by atomic mass is 35.5. The summed E-state index contributed by atoms with van der Waals surface area (Å²) in [5.41, 5.74) is 0.985. The van der Waals surface area contributed by atoms with Gasteiger partial charge in [0.15, 0.2) is 0 Å². The van der Waals surface area contributed by atoms with E-state index in [0.717, 1.165) is 4.88 Å². The molecule has 0 amide bonds. The normalized spacial score (nSPS) is 16.9. The number of anilines is 1. The monoisotopic (exact) mass is 474 g/mol. The molecule has 0 bridgehead atoms. The van der Waals surface area contributed by atoms with Crippen molar-refractivity contribution in [2.45, 2.75) is 38.8 Å². The fourth-order valence-electron chi connectivity index (χ4n) is 3.52. The largest absolute Gasteiger partial charge is 0.387 e. The van der Waals surface area contributed by atoms with Gasteiger partial charge < -0.3 is 10.0 Å². The number of hydrogen-bond donors (Lipinski definition) is 1. The van der Waals surface area contributed by atoms with Gasteiger partial charge in [-0.3, -0.25) is 4.57 Å². The van der Waals surface area contributed by atoms with Gasteiger partial charge in [-0.25, -0.2) is 14.2 Å². The Kier molecular flexibility index (Phi) is 6.20. The van der Waals surface area contributed by atoms with Crippen LogP contribution in [0.5, 0.6) is 0 Å². The molecule has 0 fully saturated rings. The summed E-state index contributed by atoms with van der Waals surface area (Å²) in [6.45, 7) is 7.51. The third kappa shape index (κ3) is 4.77. The Labute approximate surface area is 194 Å². The van der Waals surface area contributed by atoms with Gasteiger partial charge in [-0.1, -0.05) is 44.5 Å². The molecule has 168 valence electrons. The summed E-state index contributed by atoms with van der Waals surface area (Å²) in [5.74, 6) is -0.242. The smallest absolute Gasteiger partial charge is 0.352 e. The van der Waals surface area contributed by atoms with E-state index in [1.54, 1.807) is 22.3 Å². The van der Waals surface area contributed by atoms with Crippen molar-refractivity contribution in [3.05, 3.63) is 79.4 Å². The van der Waals surface area contributed by atoms with Crippen LogP contribution in [0, 0.1) is 5.82 Å². The molecule has 0 unspecified atom stereocenters. The summed E-state index contributed by atoms with van der Waals surface area (Å²) in [4.78, 5) is 25.1. The maximum atomic E-state index is 13.4. The summed E-state index contributed by atoms with van der Waals surface area (Å²) in [6, 6.07) is 8.47. The zero-order chi connectivity index (χ0) is 23.0. The molecule has 2 aromatic heterocycles. The van der Waals surface area contributed by atoms with Crippen LogP contribution in [-0.2, 0) is 12.0 Å². The molecule has 1 aliphatic rings. The summed E-state index contributed by atoms with van der Waals surface area (Å²) in [5, 5.41) is 10.6. The lowest BCUT2D eigenvalue weighted by Crippen LogP contribution is -2.40. The molecule has 32 heavy (non-hydrogen) atoms. The third-order valence-corrected chi connectivity index (χ3v) is 7.09. The van der Waals surface area contributed by atoms with Gasteiger partial charge in [-0.05, 0) is 40.8 Å². The molecule has 0 saturated carbocycles. The second kappa shape index (κ2) is 8.77. The van der Waals surface area contributed by atoms with Crippen LogP contribution in [0.2, 0.25) is 5.02 Å². The molecule has 0 aliphatic carbocycles. The molecular weight excluding hydrogens is 451 g/mol. The van der Waals surface area contributed by atoms with E-state index in [4.69, 9.17) is 11.6 Å². The van der Waals surface area contributed by atoms with Crippen molar-refractivity contribution in [3.8, 4) is 0 Å². The zero-order valence-corrected chi connectivity index (χ0v) is 19.6. The Bertz CT molecular complexity index is 1230. The molecule has 1 atom stereocenters. The van der Waals surface area contributed by atoms with Gasteiger partial charge in [0.2, 0.25) is 5.95 Å². The highest BCUT2D eigenvalue weighted by Gasteiger charge is 2.24. The summed E-state index contributed by atoms with van der Waals surface area (Å²) in [7, 11) is 0. The molecule has 1 N–H and O–H groups in total. The van der Waals surface area contributed by atoms with E-state index < -0.39 is 17.6 Å². The molecule has 4 rings (SSSR count). The number of aliphatic hydroxyl groups excluding tert-OH is 1. The number of halogens is 2. The van der Waals surface area contributed by atoms with Crippen molar-refractivity contribution >= 4 is 34.5 Å². The summed E-state index contributed by atoms with van der Waals surface area (Å²) in [6.07, 6.45) is 2.46. The molecule has 1 aromatic carbocycles. The Morgan fingerprint density at radius 3 is 2.69 bits per heavy atom. The van der Waals surface area contributed by atoms with E-state index >= 15 is 0 Å². The molecule has 1 aliphatic heterocycles. The second-order valence-corrected chi connectivity index (χ2v) is 10.4. The standard InChI is InChI=1S/C23H24ClFN4O2S/c1-23(2,3)20-7-5-15(32-20)11-29-13-26-21(27-22(29)31)28-9-8-16(19(30)12-28)14-4-6-18(25)17(24)10-14/h4-8,10,13,19,30H,9,11-12H2,1-3H3/t19-/m0/s1. The van der Waals surface area contributed by atoms with Crippen LogP contribution in [0.4, 0.5) is 10.3 Å². The number of thiophene rings is 1. The lowest BCUT2D eigenvalue weighted by Gasteiger charge is -2.30. The molecule has 9 heteroatoms. The van der Waals surface area contributed by atoms with E-state index in [9.17, 15) is 14.3 Å². The van der Waals surface area contributed by atoms with Gasteiger partial charge in [0, 0.05) is 16.3 Å². The summed E-state index contributed by atoms with van der Waals surface area (Å²) >= 11 is 7.54. The highest BCUT2D eigenvalue weighted by molar-refractivity contribution is 7.12. The van der Waals surface area contributed by atoms with E-state index in [-0.39, 0.29) is 22.9 Å². The van der Waals surface area contributed by atoms with Crippen LogP contribution in [-0.4, -0.2) is 38.8 Å². The van der Waals surface area contributed by atoms with Gasteiger partial charge in [0.25, 0.3) is 0 Å². The molecule has 6 nitrogen and oxygen atoms in total. The SMILES string of the molecule is CC(C)(C)c1ccc(Cn2cnc(N3CC=C(c4ccc(F)c(Cl)c4)[C@@H](O)C3)nc2=O)s1. The van der Waals surface area contributed by atoms with E-state index in [0.29, 0.717) is 24.2 Å². The fourth-order valence-corrected chi connectivity index (χ4v) is 4.76. The Morgan fingerprint density at radius 2 is 2.06 bits per heavy atom. The number of rotatable bonds is 4. The Balaban J connectivity index is 1.50. The minimum absolute atomic E-state index is 0.00494. The molecule has 0 radical (unpaired) electrons.